The van der Waals surface area contributed by atoms with E-state index in [4.69, 9.17) is 14.6 Å². The van der Waals surface area contributed by atoms with Crippen molar-refractivity contribution < 1.29 is 19.4 Å². The van der Waals surface area contributed by atoms with E-state index in [0.29, 0.717) is 24.5 Å². The molecule has 1 unspecified atom stereocenters. The first-order valence-electron chi connectivity index (χ1n) is 6.81. The minimum atomic E-state index is -0.991. The van der Waals surface area contributed by atoms with Gasteiger partial charge >= 0.3 is 5.97 Å². The highest BCUT2D eigenvalue weighted by atomic mass is 16.5. The summed E-state index contributed by atoms with van der Waals surface area (Å²) in [7, 11) is 0. The molecular weight excluding hydrogens is 268 g/mol. The Balaban J connectivity index is 1.99. The quantitative estimate of drug-likeness (QED) is 0.847. The van der Waals surface area contributed by atoms with Crippen LogP contribution in [0.4, 0.5) is 0 Å². The number of carbonyl (C=O) groups is 1. The maximum absolute atomic E-state index is 11.1. The zero-order valence-corrected chi connectivity index (χ0v) is 11.9. The fourth-order valence-corrected chi connectivity index (χ4v) is 1.96. The van der Waals surface area contributed by atoms with Gasteiger partial charge in [0.25, 0.3) is 0 Å². The lowest BCUT2D eigenvalue weighted by molar-refractivity contribution is -0.150. The normalized spacial score (nSPS) is 11.9. The summed E-state index contributed by atoms with van der Waals surface area (Å²) in [5.74, 6) is -0.293. The van der Waals surface area contributed by atoms with Gasteiger partial charge in [0.2, 0.25) is 0 Å². The Kier molecular flexibility index (Phi) is 5.35. The van der Waals surface area contributed by atoms with Gasteiger partial charge in [-0.2, -0.15) is 0 Å². The first kappa shape index (κ1) is 15.1. The Morgan fingerprint density at radius 1 is 1.10 bits per heavy atom. The highest BCUT2D eigenvalue weighted by Gasteiger charge is 2.19. The van der Waals surface area contributed by atoms with E-state index in [1.807, 2.05) is 30.3 Å². The smallest absolute Gasteiger partial charge is 0.337 e. The first-order valence-corrected chi connectivity index (χ1v) is 6.81. The van der Waals surface area contributed by atoms with Crippen LogP contribution in [-0.2, 0) is 16.1 Å². The largest absolute Gasteiger partial charge is 0.489 e. The highest BCUT2D eigenvalue weighted by molar-refractivity contribution is 5.74. The summed E-state index contributed by atoms with van der Waals surface area (Å²) in [6, 6.07) is 16.8. The second-order valence-corrected chi connectivity index (χ2v) is 4.52. The molecule has 1 atom stereocenters. The lowest BCUT2D eigenvalue weighted by atomic mass is 10.1. The number of carboxylic acid groups (broad SMARTS) is 1. The number of ether oxygens (including phenoxy) is 2. The maximum atomic E-state index is 11.1. The van der Waals surface area contributed by atoms with Crippen LogP contribution < -0.4 is 4.74 Å². The van der Waals surface area contributed by atoms with E-state index in [9.17, 15) is 4.79 Å². The number of hydrogen-bond donors (Lipinski definition) is 1. The number of aliphatic carboxylic acids is 1. The van der Waals surface area contributed by atoms with Crippen LogP contribution in [0.3, 0.4) is 0 Å². The third kappa shape index (κ3) is 4.33. The molecule has 4 heteroatoms. The van der Waals surface area contributed by atoms with Crippen molar-refractivity contribution in [3.8, 4) is 5.75 Å². The van der Waals surface area contributed by atoms with Crippen molar-refractivity contribution in [1.82, 2.24) is 0 Å². The van der Waals surface area contributed by atoms with Gasteiger partial charge in [-0.25, -0.2) is 4.79 Å². The van der Waals surface area contributed by atoms with Gasteiger partial charge in [-0.05, 0) is 30.2 Å². The lowest BCUT2D eigenvalue weighted by Gasteiger charge is -2.13. The maximum Gasteiger partial charge on any atom is 0.337 e. The molecule has 0 radical (unpaired) electrons. The molecule has 1 N–H and O–H groups in total. The SMILES string of the molecule is CCOC(C(=O)O)c1ccc(OCc2ccccc2)cc1. The van der Waals surface area contributed by atoms with E-state index in [1.54, 1.807) is 31.2 Å². The lowest BCUT2D eigenvalue weighted by Crippen LogP contribution is -2.15. The van der Waals surface area contributed by atoms with Crippen LogP contribution >= 0.6 is 0 Å². The molecule has 2 aromatic rings. The number of benzene rings is 2. The van der Waals surface area contributed by atoms with Gasteiger partial charge in [-0.3, -0.25) is 0 Å². The summed E-state index contributed by atoms with van der Waals surface area (Å²) in [5, 5.41) is 9.12. The fourth-order valence-electron chi connectivity index (χ4n) is 1.96. The van der Waals surface area contributed by atoms with Crippen molar-refractivity contribution in [3.63, 3.8) is 0 Å². The monoisotopic (exact) mass is 286 g/mol. The Labute approximate surface area is 123 Å². The molecule has 0 aliphatic rings. The molecule has 0 aliphatic heterocycles. The third-order valence-corrected chi connectivity index (χ3v) is 2.99. The van der Waals surface area contributed by atoms with E-state index < -0.39 is 12.1 Å². The molecule has 21 heavy (non-hydrogen) atoms. The summed E-state index contributed by atoms with van der Waals surface area (Å²) >= 11 is 0. The molecule has 2 aromatic carbocycles. The van der Waals surface area contributed by atoms with Crippen LogP contribution in [0, 0.1) is 0 Å². The predicted molar refractivity (Wildman–Crippen MR) is 79.2 cm³/mol. The van der Waals surface area contributed by atoms with E-state index in [0.717, 1.165) is 5.56 Å². The zero-order valence-electron chi connectivity index (χ0n) is 11.9. The van der Waals surface area contributed by atoms with Crippen LogP contribution in [0.25, 0.3) is 0 Å². The Bertz CT molecular complexity index is 563. The van der Waals surface area contributed by atoms with Crippen LogP contribution in [0.5, 0.6) is 5.75 Å². The Morgan fingerprint density at radius 3 is 2.33 bits per heavy atom. The first-order chi connectivity index (χ1) is 10.2. The topological polar surface area (TPSA) is 55.8 Å². The molecule has 0 saturated heterocycles. The highest BCUT2D eigenvalue weighted by Crippen LogP contribution is 2.21. The van der Waals surface area contributed by atoms with Gasteiger partial charge in [-0.15, -0.1) is 0 Å². The van der Waals surface area contributed by atoms with Gasteiger partial charge in [0.1, 0.15) is 12.4 Å². The molecular formula is C17H18O4. The molecule has 2 rings (SSSR count). The molecule has 0 bridgehead atoms. The molecule has 0 saturated carbocycles. The summed E-state index contributed by atoms with van der Waals surface area (Å²) in [6.07, 6.45) is -0.932. The summed E-state index contributed by atoms with van der Waals surface area (Å²) < 4.78 is 10.9. The number of hydrogen-bond acceptors (Lipinski definition) is 3. The second kappa shape index (κ2) is 7.45. The zero-order chi connectivity index (χ0) is 15.1. The average molecular weight is 286 g/mol. The second-order valence-electron chi connectivity index (χ2n) is 4.52. The summed E-state index contributed by atoms with van der Waals surface area (Å²) in [4.78, 5) is 11.1. The standard InChI is InChI=1S/C17H18O4/c1-2-20-16(17(18)19)14-8-10-15(11-9-14)21-12-13-6-4-3-5-7-13/h3-11,16H,2,12H2,1H3,(H,18,19). The molecule has 110 valence electrons. The molecule has 0 aromatic heterocycles. The van der Waals surface area contributed by atoms with Crippen LogP contribution in [0.2, 0.25) is 0 Å². The number of rotatable bonds is 7. The van der Waals surface area contributed by atoms with Crippen LogP contribution in [-0.4, -0.2) is 17.7 Å². The Morgan fingerprint density at radius 2 is 1.76 bits per heavy atom. The molecule has 0 heterocycles. The van der Waals surface area contributed by atoms with E-state index >= 15 is 0 Å². The van der Waals surface area contributed by atoms with Gasteiger partial charge in [0.05, 0.1) is 0 Å². The van der Waals surface area contributed by atoms with Crippen molar-refractivity contribution in [3.05, 3.63) is 65.7 Å². The van der Waals surface area contributed by atoms with Gasteiger partial charge < -0.3 is 14.6 Å². The molecule has 0 spiro atoms. The van der Waals surface area contributed by atoms with Gasteiger partial charge in [0.15, 0.2) is 6.10 Å². The molecule has 4 nitrogen and oxygen atoms in total. The minimum absolute atomic E-state index is 0.350. The van der Waals surface area contributed by atoms with Crippen molar-refractivity contribution in [2.45, 2.75) is 19.6 Å². The van der Waals surface area contributed by atoms with E-state index in [-0.39, 0.29) is 0 Å². The van der Waals surface area contributed by atoms with Crippen LogP contribution in [0.15, 0.2) is 54.6 Å². The van der Waals surface area contributed by atoms with Crippen molar-refractivity contribution in [2.24, 2.45) is 0 Å². The van der Waals surface area contributed by atoms with Crippen molar-refractivity contribution >= 4 is 5.97 Å². The van der Waals surface area contributed by atoms with E-state index in [1.165, 1.54) is 0 Å². The minimum Gasteiger partial charge on any atom is -0.489 e. The van der Waals surface area contributed by atoms with Gasteiger partial charge in [-0.1, -0.05) is 42.5 Å². The van der Waals surface area contributed by atoms with Crippen molar-refractivity contribution in [2.75, 3.05) is 6.61 Å². The fraction of sp³-hybridized carbons (Fsp3) is 0.235. The van der Waals surface area contributed by atoms with Crippen molar-refractivity contribution in [1.29, 1.82) is 0 Å². The summed E-state index contributed by atoms with van der Waals surface area (Å²) in [6.45, 7) is 2.60. The van der Waals surface area contributed by atoms with Gasteiger partial charge in [0, 0.05) is 6.61 Å². The third-order valence-electron chi connectivity index (χ3n) is 2.99. The molecule has 0 fully saturated rings. The Hall–Kier alpha value is -2.33. The number of carboxylic acids is 1. The molecule has 0 amide bonds. The van der Waals surface area contributed by atoms with Crippen LogP contribution in [0.1, 0.15) is 24.2 Å². The predicted octanol–water partition coefficient (Wildman–Crippen LogP) is 3.43. The summed E-state index contributed by atoms with van der Waals surface area (Å²) in [5.41, 5.74) is 1.69. The molecule has 0 aliphatic carbocycles. The van der Waals surface area contributed by atoms with E-state index in [2.05, 4.69) is 0 Å². The average Bonchev–Trinajstić information content (AvgIpc) is 2.52.